The van der Waals surface area contributed by atoms with E-state index in [0.717, 1.165) is 0 Å². The van der Waals surface area contributed by atoms with E-state index in [1.165, 1.54) is 0 Å². The zero-order valence-electron chi connectivity index (χ0n) is 37.7. The van der Waals surface area contributed by atoms with Crippen LogP contribution in [0.25, 0.3) is 34.2 Å². The van der Waals surface area contributed by atoms with Crippen LogP contribution in [-0.2, 0) is 36.4 Å². The molecule has 2 aromatic carbocycles. The second-order valence-corrected chi connectivity index (χ2v) is 24.1. The molecule has 0 amide bonds. The lowest BCUT2D eigenvalue weighted by atomic mass is 10.2. The molecule has 0 fully saturated rings. The van der Waals surface area contributed by atoms with Crippen molar-refractivity contribution in [1.29, 1.82) is 0 Å². The van der Waals surface area contributed by atoms with Crippen molar-refractivity contribution in [2.24, 2.45) is 0 Å². The van der Waals surface area contributed by atoms with E-state index in [1.54, 1.807) is 161 Å². The molecule has 6 aromatic heterocycles. The molecule has 0 N–H and O–H groups in total. The lowest BCUT2D eigenvalue weighted by molar-refractivity contribution is 0.228. The number of nitrogens with zero attached hydrogens (tertiary/aromatic N) is 6. The molecule has 6 heterocycles. The van der Waals surface area contributed by atoms with Gasteiger partial charge in [-0.1, -0.05) is 97.1 Å². The smallest absolute Gasteiger partial charge is 0.305 e. The minimum atomic E-state index is -3.82. The van der Waals surface area contributed by atoms with E-state index in [2.05, 4.69) is 9.97 Å². The molecule has 0 aliphatic rings. The van der Waals surface area contributed by atoms with Crippen LogP contribution in [0, 0.1) is 0 Å². The first-order valence-corrected chi connectivity index (χ1v) is 28.5. The van der Waals surface area contributed by atoms with Gasteiger partial charge in [-0.25, -0.2) is 29.9 Å². The number of pyridine rings is 6. The maximum Gasteiger partial charge on any atom is 0.379 e. The fraction of sp³-hybridized carbons (Fsp3) is 0.160. The molecule has 0 bridgehead atoms. The van der Waals surface area contributed by atoms with Crippen molar-refractivity contribution in [1.82, 2.24) is 29.9 Å². The summed E-state index contributed by atoms with van der Waals surface area (Å²) in [4.78, 5) is 29.2. The zero-order valence-corrected chi connectivity index (χ0v) is 41.3. The van der Waals surface area contributed by atoms with Gasteiger partial charge in [0.25, 0.3) is 0 Å². The summed E-state index contributed by atoms with van der Waals surface area (Å²) in [5, 5.41) is 0.987. The van der Waals surface area contributed by atoms with Crippen LogP contribution in [0.4, 0.5) is 0 Å². The fourth-order valence-electron chi connectivity index (χ4n) is 7.46. The van der Waals surface area contributed by atoms with E-state index in [0.29, 0.717) is 44.8 Å². The minimum Gasteiger partial charge on any atom is -0.305 e. The van der Waals surface area contributed by atoms with Gasteiger partial charge >= 0.3 is 15.2 Å². The van der Waals surface area contributed by atoms with Gasteiger partial charge in [0.1, 0.15) is 21.7 Å². The van der Waals surface area contributed by atoms with Crippen LogP contribution in [-0.4, -0.2) is 56.3 Å². The molecule has 68 heavy (non-hydrogen) atoms. The van der Waals surface area contributed by atoms with Crippen LogP contribution in [0.1, 0.15) is 27.7 Å². The second kappa shape index (κ2) is 21.2. The van der Waals surface area contributed by atoms with E-state index in [4.69, 9.17) is 38.0 Å². The molecule has 346 valence electrons. The zero-order chi connectivity index (χ0) is 47.8. The summed E-state index contributed by atoms with van der Waals surface area (Å²) in [7, 11) is -15.1. The van der Waals surface area contributed by atoms with Gasteiger partial charge in [0.2, 0.25) is 14.3 Å². The summed E-state index contributed by atoms with van der Waals surface area (Å²) in [5.41, 5.74) is 3.55. The largest absolute Gasteiger partial charge is 0.379 e. The van der Waals surface area contributed by atoms with Crippen LogP contribution in [0.3, 0.4) is 0 Å². The Morgan fingerprint density at radius 2 is 0.515 bits per heavy atom. The van der Waals surface area contributed by atoms with E-state index < -0.39 is 29.5 Å². The highest BCUT2D eigenvalue weighted by molar-refractivity contribution is 7.85. The van der Waals surface area contributed by atoms with Gasteiger partial charge in [-0.05, 0) is 100 Å². The predicted octanol–water partition coefficient (Wildman–Crippen LogP) is 8.12. The van der Waals surface area contributed by atoms with Crippen molar-refractivity contribution in [3.05, 3.63) is 170 Å². The van der Waals surface area contributed by atoms with Crippen LogP contribution >= 0.6 is 29.5 Å². The Hall–Kier alpha value is -5.90. The third-order valence-corrected chi connectivity index (χ3v) is 20.1. The first-order chi connectivity index (χ1) is 33.0. The monoisotopic (exact) mass is 984 g/mol. The highest BCUT2D eigenvalue weighted by Gasteiger charge is 2.36. The molecule has 0 radical (unpaired) electrons. The van der Waals surface area contributed by atoms with Crippen LogP contribution in [0.2, 0.25) is 0 Å². The second-order valence-electron chi connectivity index (χ2n) is 14.8. The predicted molar refractivity (Wildman–Crippen MR) is 269 cm³/mol. The summed E-state index contributed by atoms with van der Waals surface area (Å²) in [6, 6.07) is 48.8. The van der Waals surface area contributed by atoms with E-state index in [1.807, 2.05) is 36.4 Å². The van der Waals surface area contributed by atoms with Gasteiger partial charge < -0.3 is 27.2 Å². The van der Waals surface area contributed by atoms with E-state index in [-0.39, 0.29) is 59.0 Å². The van der Waals surface area contributed by atoms with Gasteiger partial charge in [-0.3, -0.25) is 9.13 Å². The highest BCUT2D eigenvalue weighted by Crippen LogP contribution is 2.48. The average Bonchev–Trinajstić information content (AvgIpc) is 3.39. The Balaban J connectivity index is 1.21. The van der Waals surface area contributed by atoms with E-state index >= 15 is 9.13 Å². The molecule has 0 aliphatic carbocycles. The molecular weight excluding hydrogens is 936 g/mol. The Labute approximate surface area is 395 Å². The van der Waals surface area contributed by atoms with Crippen molar-refractivity contribution < 1.29 is 36.4 Å². The lowest BCUT2D eigenvalue weighted by Gasteiger charge is -2.20. The topological polar surface area (TPSA) is 183 Å². The Morgan fingerprint density at radius 1 is 0.294 bits per heavy atom. The van der Waals surface area contributed by atoms with Gasteiger partial charge in [0.05, 0.1) is 60.6 Å². The molecule has 0 saturated carbocycles. The van der Waals surface area contributed by atoms with Gasteiger partial charge in [-0.2, -0.15) is 0 Å². The maximum atomic E-state index is 15.9. The SMILES string of the molecule is CCOP(=O)(OCC)c1cccc(-c2cccc(P(=O)(c3ccccc3)c3cccc(-c4cccc(P(=O)(c5ccccc5)c5cccc(-c6cccc(P(=O)(OCC)OCC)n6)n5)n4)n3)n2)n1. The summed E-state index contributed by atoms with van der Waals surface area (Å²) < 4.78 is 81.5. The first kappa shape index (κ1) is 48.6. The van der Waals surface area contributed by atoms with Crippen molar-refractivity contribution in [2.75, 3.05) is 26.4 Å². The summed E-state index contributed by atoms with van der Waals surface area (Å²) >= 11 is 0. The molecule has 2 unspecified atom stereocenters. The Morgan fingerprint density at radius 3 is 0.750 bits per heavy atom. The van der Waals surface area contributed by atoms with E-state index in [9.17, 15) is 9.13 Å². The van der Waals surface area contributed by atoms with Crippen LogP contribution in [0.5, 0.6) is 0 Å². The third-order valence-electron chi connectivity index (χ3n) is 10.5. The van der Waals surface area contributed by atoms with Crippen LogP contribution < -0.4 is 43.2 Å². The lowest BCUT2D eigenvalue weighted by Crippen LogP contribution is -2.30. The average molecular weight is 985 g/mol. The number of rotatable bonds is 19. The number of hydrogen-bond acceptors (Lipinski definition) is 14. The van der Waals surface area contributed by atoms with Gasteiger partial charge in [0, 0.05) is 10.6 Å². The molecule has 0 aliphatic heterocycles. The molecule has 2 atom stereocenters. The standard InChI is InChI=1S/C50H48N6O8P4/c1-5-61-67(59,62-6-2)49-35-19-29-43(55-49)41-27-17-33-47(53-41)65(57,37-21-11-9-12-22-37)45-31-15-25-39(51-45)40-26-16-32-46(52-40)66(58,38-23-13-10-14-24-38)48-34-18-28-42(54-48)44-30-20-36-50(56-44)68(60,63-7-3)64-8-4/h9-36H,5-8H2,1-4H3. The van der Waals surface area contributed by atoms with Crippen molar-refractivity contribution >= 4 is 72.7 Å². The first-order valence-electron chi connectivity index (χ1n) is 22.0. The third kappa shape index (κ3) is 9.83. The molecule has 8 rings (SSSR count). The molecule has 0 saturated heterocycles. The summed E-state index contributed by atoms with van der Waals surface area (Å²) in [5.74, 6) is 0. The summed E-state index contributed by atoms with van der Waals surface area (Å²) in [6.07, 6.45) is 0. The Bertz CT molecular complexity index is 3020. The van der Waals surface area contributed by atoms with Crippen molar-refractivity contribution in [3.63, 3.8) is 0 Å². The molecule has 8 aromatic rings. The normalized spacial score (nSPS) is 13.6. The fourth-order valence-corrected chi connectivity index (χ4v) is 15.4. The quantitative estimate of drug-likeness (QED) is 0.0708. The molecular formula is C50H48N6O8P4. The van der Waals surface area contributed by atoms with Crippen molar-refractivity contribution in [3.8, 4) is 34.2 Å². The highest BCUT2D eigenvalue weighted by atomic mass is 31.2. The molecule has 0 spiro atoms. The molecule has 14 nitrogen and oxygen atoms in total. The van der Waals surface area contributed by atoms with Gasteiger partial charge in [0.15, 0.2) is 10.9 Å². The number of hydrogen-bond donors (Lipinski definition) is 0. The van der Waals surface area contributed by atoms with Crippen molar-refractivity contribution in [2.45, 2.75) is 27.7 Å². The minimum absolute atomic E-state index is 0.136. The number of aromatic nitrogens is 6. The molecule has 18 heteroatoms. The maximum absolute atomic E-state index is 15.9. The Kier molecular flexibility index (Phi) is 15.1. The van der Waals surface area contributed by atoms with Crippen LogP contribution in [0.15, 0.2) is 170 Å². The summed E-state index contributed by atoms with van der Waals surface area (Å²) in [6.45, 7) is 7.56. The van der Waals surface area contributed by atoms with Gasteiger partial charge in [-0.15, -0.1) is 0 Å². The number of benzene rings is 2.